The molecule has 0 aromatic carbocycles. The lowest BCUT2D eigenvalue weighted by atomic mass is 9.75. The molecule has 15 heavy (non-hydrogen) atoms. The number of hydrogen-bond donors (Lipinski definition) is 2. The van der Waals surface area contributed by atoms with Gasteiger partial charge in [-0.05, 0) is 37.6 Å². The zero-order chi connectivity index (χ0) is 11.3. The van der Waals surface area contributed by atoms with E-state index in [-0.39, 0.29) is 5.92 Å². The monoisotopic (exact) mass is 211 g/mol. The average molecular weight is 211 g/mol. The van der Waals surface area contributed by atoms with E-state index in [1.165, 1.54) is 19.3 Å². The SMILES string of the molecule is C=C(C(=O)O)C(CCN)C1CCCCC1. The van der Waals surface area contributed by atoms with Gasteiger partial charge in [0.15, 0.2) is 0 Å². The van der Waals surface area contributed by atoms with Gasteiger partial charge in [-0.15, -0.1) is 0 Å². The van der Waals surface area contributed by atoms with Crippen LogP contribution in [0.15, 0.2) is 12.2 Å². The van der Waals surface area contributed by atoms with Crippen molar-refractivity contribution in [1.82, 2.24) is 0 Å². The lowest BCUT2D eigenvalue weighted by Gasteiger charge is -2.30. The molecule has 0 saturated heterocycles. The molecule has 0 heterocycles. The van der Waals surface area contributed by atoms with Gasteiger partial charge >= 0.3 is 5.97 Å². The minimum atomic E-state index is -0.862. The van der Waals surface area contributed by atoms with Crippen molar-refractivity contribution in [3.63, 3.8) is 0 Å². The van der Waals surface area contributed by atoms with Crippen LogP contribution in [0.3, 0.4) is 0 Å². The summed E-state index contributed by atoms with van der Waals surface area (Å²) in [6.45, 7) is 4.24. The normalized spacial score (nSPS) is 19.8. The summed E-state index contributed by atoms with van der Waals surface area (Å²) in [4.78, 5) is 10.9. The summed E-state index contributed by atoms with van der Waals surface area (Å²) in [5.74, 6) is -0.280. The third kappa shape index (κ3) is 3.34. The van der Waals surface area contributed by atoms with E-state index in [1.807, 2.05) is 0 Å². The standard InChI is InChI=1S/C12H21NO2/c1-9(12(14)15)11(7-8-13)10-5-3-2-4-6-10/h10-11H,1-8,13H2,(H,14,15). The van der Waals surface area contributed by atoms with E-state index in [9.17, 15) is 4.79 Å². The number of carbonyl (C=O) groups is 1. The van der Waals surface area contributed by atoms with E-state index in [4.69, 9.17) is 10.8 Å². The second-order valence-electron chi connectivity index (χ2n) is 4.41. The summed E-state index contributed by atoms with van der Waals surface area (Å²) in [5, 5.41) is 8.97. The van der Waals surface area contributed by atoms with Crippen molar-refractivity contribution in [2.75, 3.05) is 6.54 Å². The Hall–Kier alpha value is -0.830. The van der Waals surface area contributed by atoms with Gasteiger partial charge in [-0.2, -0.15) is 0 Å². The molecule has 3 heteroatoms. The van der Waals surface area contributed by atoms with Gasteiger partial charge in [0, 0.05) is 5.57 Å². The van der Waals surface area contributed by atoms with Gasteiger partial charge in [-0.1, -0.05) is 25.8 Å². The van der Waals surface area contributed by atoms with Gasteiger partial charge < -0.3 is 10.8 Å². The summed E-state index contributed by atoms with van der Waals surface area (Å²) in [5.41, 5.74) is 5.89. The topological polar surface area (TPSA) is 63.3 Å². The second kappa shape index (κ2) is 5.91. The van der Waals surface area contributed by atoms with Gasteiger partial charge in [0.2, 0.25) is 0 Å². The second-order valence-corrected chi connectivity index (χ2v) is 4.41. The van der Waals surface area contributed by atoms with Crippen LogP contribution in [0.1, 0.15) is 38.5 Å². The first-order valence-corrected chi connectivity index (χ1v) is 5.79. The zero-order valence-corrected chi connectivity index (χ0v) is 9.24. The van der Waals surface area contributed by atoms with Crippen LogP contribution in [0.2, 0.25) is 0 Å². The highest BCUT2D eigenvalue weighted by Gasteiger charge is 2.27. The van der Waals surface area contributed by atoms with Crippen LogP contribution in [0.25, 0.3) is 0 Å². The molecular weight excluding hydrogens is 190 g/mol. The Labute approximate surface area is 91.4 Å². The number of nitrogens with two attached hydrogens (primary N) is 1. The molecule has 0 aromatic rings. The van der Waals surface area contributed by atoms with E-state index < -0.39 is 5.97 Å². The lowest BCUT2D eigenvalue weighted by Crippen LogP contribution is -2.25. The molecule has 1 unspecified atom stereocenters. The van der Waals surface area contributed by atoms with Crippen molar-refractivity contribution in [1.29, 1.82) is 0 Å². The summed E-state index contributed by atoms with van der Waals surface area (Å²) in [6, 6.07) is 0. The van der Waals surface area contributed by atoms with Gasteiger partial charge in [-0.25, -0.2) is 4.79 Å². The minimum Gasteiger partial charge on any atom is -0.478 e. The smallest absolute Gasteiger partial charge is 0.331 e. The Bertz CT molecular complexity index is 232. The maximum absolute atomic E-state index is 10.9. The van der Waals surface area contributed by atoms with Crippen LogP contribution < -0.4 is 5.73 Å². The molecule has 3 nitrogen and oxygen atoms in total. The average Bonchev–Trinajstić information content (AvgIpc) is 2.26. The first kappa shape index (κ1) is 12.2. The molecule has 3 N–H and O–H groups in total. The summed E-state index contributed by atoms with van der Waals surface area (Å²) >= 11 is 0. The van der Waals surface area contributed by atoms with Crippen molar-refractivity contribution in [3.8, 4) is 0 Å². The van der Waals surface area contributed by atoms with E-state index in [2.05, 4.69) is 6.58 Å². The Balaban J connectivity index is 2.62. The minimum absolute atomic E-state index is 0.0906. The van der Waals surface area contributed by atoms with Gasteiger partial charge in [-0.3, -0.25) is 0 Å². The third-order valence-corrected chi connectivity index (χ3v) is 3.42. The van der Waals surface area contributed by atoms with E-state index in [0.717, 1.165) is 19.3 Å². The number of carboxylic acids is 1. The van der Waals surface area contributed by atoms with Crippen molar-refractivity contribution in [2.45, 2.75) is 38.5 Å². The molecule has 0 bridgehead atoms. The summed E-state index contributed by atoms with van der Waals surface area (Å²) < 4.78 is 0. The molecule has 1 saturated carbocycles. The molecule has 0 radical (unpaired) electrons. The summed E-state index contributed by atoms with van der Waals surface area (Å²) in [7, 11) is 0. The van der Waals surface area contributed by atoms with Crippen molar-refractivity contribution < 1.29 is 9.90 Å². The van der Waals surface area contributed by atoms with Gasteiger partial charge in [0.05, 0.1) is 0 Å². The first-order chi connectivity index (χ1) is 7.16. The van der Waals surface area contributed by atoms with Crippen LogP contribution in [0.5, 0.6) is 0 Å². The molecule has 0 aromatic heterocycles. The fourth-order valence-corrected chi connectivity index (χ4v) is 2.57. The van der Waals surface area contributed by atoms with Crippen molar-refractivity contribution in [3.05, 3.63) is 12.2 Å². The number of hydrogen-bond acceptors (Lipinski definition) is 2. The first-order valence-electron chi connectivity index (χ1n) is 5.79. The number of rotatable bonds is 5. The molecule has 1 fully saturated rings. The quantitative estimate of drug-likeness (QED) is 0.685. The van der Waals surface area contributed by atoms with Gasteiger partial charge in [0.1, 0.15) is 0 Å². The number of aliphatic carboxylic acids is 1. The molecule has 1 atom stereocenters. The fraction of sp³-hybridized carbons (Fsp3) is 0.750. The Morgan fingerprint density at radius 3 is 2.47 bits per heavy atom. The maximum Gasteiger partial charge on any atom is 0.331 e. The van der Waals surface area contributed by atoms with Crippen LogP contribution in [0.4, 0.5) is 0 Å². The molecule has 0 aliphatic heterocycles. The predicted octanol–water partition coefficient (Wildman–Crippen LogP) is 2.17. The lowest BCUT2D eigenvalue weighted by molar-refractivity contribution is -0.133. The molecular formula is C12H21NO2. The fourth-order valence-electron chi connectivity index (χ4n) is 2.57. The highest BCUT2D eigenvalue weighted by Crippen LogP contribution is 2.35. The summed E-state index contributed by atoms with van der Waals surface area (Å²) in [6.07, 6.45) is 6.76. The van der Waals surface area contributed by atoms with E-state index >= 15 is 0 Å². The van der Waals surface area contributed by atoms with Crippen molar-refractivity contribution >= 4 is 5.97 Å². The van der Waals surface area contributed by atoms with Crippen molar-refractivity contribution in [2.24, 2.45) is 17.6 Å². The Morgan fingerprint density at radius 2 is 2.00 bits per heavy atom. The van der Waals surface area contributed by atoms with Crippen LogP contribution >= 0.6 is 0 Å². The Morgan fingerprint density at radius 1 is 1.40 bits per heavy atom. The van der Waals surface area contributed by atoms with E-state index in [0.29, 0.717) is 18.0 Å². The molecule has 0 amide bonds. The molecule has 1 rings (SSSR count). The molecule has 0 spiro atoms. The number of carboxylic acid groups (broad SMARTS) is 1. The molecule has 1 aliphatic carbocycles. The largest absolute Gasteiger partial charge is 0.478 e. The van der Waals surface area contributed by atoms with Crippen LogP contribution in [-0.2, 0) is 4.79 Å². The van der Waals surface area contributed by atoms with Gasteiger partial charge in [0.25, 0.3) is 0 Å². The highest BCUT2D eigenvalue weighted by atomic mass is 16.4. The molecule has 1 aliphatic rings. The highest BCUT2D eigenvalue weighted by molar-refractivity contribution is 5.86. The zero-order valence-electron chi connectivity index (χ0n) is 9.24. The molecule has 86 valence electrons. The third-order valence-electron chi connectivity index (χ3n) is 3.42. The predicted molar refractivity (Wildman–Crippen MR) is 60.5 cm³/mol. The van der Waals surface area contributed by atoms with E-state index in [1.54, 1.807) is 0 Å². The maximum atomic E-state index is 10.9. The van der Waals surface area contributed by atoms with Crippen LogP contribution in [0, 0.1) is 11.8 Å². The van der Waals surface area contributed by atoms with Crippen LogP contribution in [-0.4, -0.2) is 17.6 Å². The Kier molecular flexibility index (Phi) is 4.82.